The molecule has 2 heterocycles. The number of nitrogens with one attached hydrogen (secondary N) is 1. The third-order valence-corrected chi connectivity index (χ3v) is 5.09. The van der Waals surface area contributed by atoms with Gasteiger partial charge in [-0.2, -0.15) is 0 Å². The molecule has 27 heavy (non-hydrogen) atoms. The van der Waals surface area contributed by atoms with E-state index in [9.17, 15) is 9.59 Å². The van der Waals surface area contributed by atoms with Crippen LogP contribution >= 0.6 is 0 Å². The molecule has 1 aromatic heterocycles. The maximum atomic E-state index is 12.6. The van der Waals surface area contributed by atoms with Crippen LogP contribution in [0.2, 0.25) is 0 Å². The first kappa shape index (κ1) is 19.3. The molecule has 0 radical (unpaired) electrons. The second-order valence-corrected chi connectivity index (χ2v) is 7.28. The number of aromatic nitrogens is 1. The molecule has 1 N–H and O–H groups in total. The lowest BCUT2D eigenvalue weighted by molar-refractivity contribution is -0.140. The van der Waals surface area contributed by atoms with E-state index in [-0.39, 0.29) is 17.9 Å². The summed E-state index contributed by atoms with van der Waals surface area (Å²) < 4.78 is 0. The number of hydrogen-bond donors (Lipinski definition) is 1. The van der Waals surface area contributed by atoms with E-state index in [1.54, 1.807) is 0 Å². The first-order valence-corrected chi connectivity index (χ1v) is 9.64. The average Bonchev–Trinajstić information content (AvgIpc) is 2.64. The summed E-state index contributed by atoms with van der Waals surface area (Å²) in [5.74, 6) is 0.132. The molecule has 0 saturated carbocycles. The SMILES string of the molecule is CCCCC1C(=O)N(C)CCN1Cc1ccc2cc(NC(C)=O)ccc2n1. The topological polar surface area (TPSA) is 65.5 Å². The number of rotatable bonds is 6. The Labute approximate surface area is 160 Å². The van der Waals surface area contributed by atoms with E-state index >= 15 is 0 Å². The third-order valence-electron chi connectivity index (χ3n) is 5.09. The molecule has 1 fully saturated rings. The van der Waals surface area contributed by atoms with Gasteiger partial charge in [0.2, 0.25) is 11.8 Å². The van der Waals surface area contributed by atoms with Gasteiger partial charge >= 0.3 is 0 Å². The van der Waals surface area contributed by atoms with Gasteiger partial charge in [0.15, 0.2) is 0 Å². The predicted molar refractivity (Wildman–Crippen MR) is 107 cm³/mol. The maximum absolute atomic E-state index is 12.6. The second-order valence-electron chi connectivity index (χ2n) is 7.28. The highest BCUT2D eigenvalue weighted by Gasteiger charge is 2.32. The first-order chi connectivity index (χ1) is 13.0. The molecule has 3 rings (SSSR count). The van der Waals surface area contributed by atoms with Crippen LogP contribution in [0.25, 0.3) is 10.9 Å². The lowest BCUT2D eigenvalue weighted by atomic mass is 10.0. The largest absolute Gasteiger partial charge is 0.343 e. The predicted octanol–water partition coefficient (Wildman–Crippen LogP) is 3.03. The Morgan fingerprint density at radius 2 is 2.07 bits per heavy atom. The van der Waals surface area contributed by atoms with E-state index in [2.05, 4.69) is 17.1 Å². The summed E-state index contributed by atoms with van der Waals surface area (Å²) in [4.78, 5) is 32.7. The summed E-state index contributed by atoms with van der Waals surface area (Å²) in [5.41, 5.74) is 2.63. The van der Waals surface area contributed by atoms with Gasteiger partial charge in [-0.05, 0) is 30.7 Å². The molecule has 2 amide bonds. The number of unbranched alkanes of at least 4 members (excludes halogenated alkanes) is 1. The minimum atomic E-state index is -0.0863. The molecule has 2 aromatic rings. The summed E-state index contributed by atoms with van der Waals surface area (Å²) >= 11 is 0. The molecule has 1 aliphatic heterocycles. The molecule has 1 atom stereocenters. The molecule has 1 aliphatic rings. The summed E-state index contributed by atoms with van der Waals surface area (Å²) in [6.07, 6.45) is 3.04. The van der Waals surface area contributed by atoms with E-state index in [0.717, 1.165) is 54.6 Å². The van der Waals surface area contributed by atoms with Crippen molar-refractivity contribution in [3.63, 3.8) is 0 Å². The number of piperazine rings is 1. The Bertz CT molecular complexity index is 836. The van der Waals surface area contributed by atoms with Gasteiger partial charge < -0.3 is 10.2 Å². The second kappa shape index (κ2) is 8.48. The van der Waals surface area contributed by atoms with Crippen LogP contribution in [0.15, 0.2) is 30.3 Å². The van der Waals surface area contributed by atoms with Gasteiger partial charge in [0.05, 0.1) is 17.3 Å². The number of hydrogen-bond acceptors (Lipinski definition) is 4. The molecule has 1 saturated heterocycles. The zero-order chi connectivity index (χ0) is 19.4. The summed E-state index contributed by atoms with van der Waals surface area (Å²) in [7, 11) is 1.89. The number of benzene rings is 1. The van der Waals surface area contributed by atoms with E-state index < -0.39 is 0 Å². The number of amides is 2. The molecular formula is C21H28N4O2. The number of carbonyl (C=O) groups excluding carboxylic acids is 2. The standard InChI is InChI=1S/C21H28N4O2/c1-4-5-6-20-21(27)24(3)11-12-25(20)14-18-8-7-16-13-17(22-15(2)26)9-10-19(16)23-18/h7-10,13,20H,4-6,11-12,14H2,1-3H3,(H,22,26). The molecule has 1 unspecified atom stereocenters. The number of pyridine rings is 1. The third kappa shape index (κ3) is 4.63. The van der Waals surface area contributed by atoms with E-state index in [1.165, 1.54) is 6.92 Å². The van der Waals surface area contributed by atoms with Gasteiger partial charge in [0, 0.05) is 44.7 Å². The number of nitrogens with zero attached hydrogens (tertiary/aromatic N) is 3. The van der Waals surface area contributed by atoms with Crippen molar-refractivity contribution < 1.29 is 9.59 Å². The van der Waals surface area contributed by atoms with Crippen LogP contribution in [0.5, 0.6) is 0 Å². The van der Waals surface area contributed by atoms with Gasteiger partial charge in [0.1, 0.15) is 0 Å². The van der Waals surface area contributed by atoms with Crippen molar-refractivity contribution in [1.29, 1.82) is 0 Å². The Hall–Kier alpha value is -2.47. The lowest BCUT2D eigenvalue weighted by Gasteiger charge is -2.39. The van der Waals surface area contributed by atoms with Crippen molar-refractivity contribution in [3.8, 4) is 0 Å². The van der Waals surface area contributed by atoms with Crippen molar-refractivity contribution in [1.82, 2.24) is 14.8 Å². The van der Waals surface area contributed by atoms with Crippen molar-refractivity contribution in [3.05, 3.63) is 36.0 Å². The Morgan fingerprint density at radius 1 is 1.26 bits per heavy atom. The van der Waals surface area contributed by atoms with Crippen LogP contribution in [0.1, 0.15) is 38.8 Å². The highest BCUT2D eigenvalue weighted by atomic mass is 16.2. The smallest absolute Gasteiger partial charge is 0.239 e. The van der Waals surface area contributed by atoms with Crippen LogP contribution in [0.4, 0.5) is 5.69 Å². The van der Waals surface area contributed by atoms with Crippen LogP contribution < -0.4 is 5.32 Å². The fourth-order valence-electron chi connectivity index (χ4n) is 3.59. The fraction of sp³-hybridized carbons (Fsp3) is 0.476. The number of fused-ring (bicyclic) bond motifs is 1. The molecular weight excluding hydrogens is 340 g/mol. The summed E-state index contributed by atoms with van der Waals surface area (Å²) in [6, 6.07) is 9.71. The highest BCUT2D eigenvalue weighted by Crippen LogP contribution is 2.21. The number of anilines is 1. The quantitative estimate of drug-likeness (QED) is 0.851. The van der Waals surface area contributed by atoms with Gasteiger partial charge in [-0.1, -0.05) is 25.8 Å². The molecule has 0 spiro atoms. The van der Waals surface area contributed by atoms with Crippen LogP contribution in [0.3, 0.4) is 0 Å². The zero-order valence-corrected chi connectivity index (χ0v) is 16.4. The van der Waals surface area contributed by atoms with Gasteiger partial charge in [-0.15, -0.1) is 0 Å². The molecule has 6 nitrogen and oxygen atoms in total. The summed E-state index contributed by atoms with van der Waals surface area (Å²) in [6.45, 7) is 5.96. The van der Waals surface area contributed by atoms with Gasteiger partial charge in [-0.3, -0.25) is 19.5 Å². The lowest BCUT2D eigenvalue weighted by Crippen LogP contribution is -2.55. The highest BCUT2D eigenvalue weighted by molar-refractivity contribution is 5.92. The number of carbonyl (C=O) groups is 2. The minimum absolute atomic E-state index is 0.0525. The first-order valence-electron chi connectivity index (χ1n) is 9.64. The van der Waals surface area contributed by atoms with Crippen LogP contribution in [0, 0.1) is 0 Å². The van der Waals surface area contributed by atoms with Crippen molar-refractivity contribution in [2.75, 3.05) is 25.5 Å². The zero-order valence-electron chi connectivity index (χ0n) is 16.4. The molecule has 1 aromatic carbocycles. The van der Waals surface area contributed by atoms with Gasteiger partial charge in [-0.25, -0.2) is 0 Å². The van der Waals surface area contributed by atoms with Gasteiger partial charge in [0.25, 0.3) is 0 Å². The number of likely N-dealkylation sites (N-methyl/N-ethyl adjacent to an activating group) is 1. The Morgan fingerprint density at radius 3 is 2.81 bits per heavy atom. The molecule has 0 aliphatic carbocycles. The van der Waals surface area contributed by atoms with Crippen molar-refractivity contribution in [2.24, 2.45) is 0 Å². The normalized spacial score (nSPS) is 18.1. The average molecular weight is 368 g/mol. The van der Waals surface area contributed by atoms with E-state index in [0.29, 0.717) is 6.54 Å². The Kier molecular flexibility index (Phi) is 6.06. The van der Waals surface area contributed by atoms with Crippen LogP contribution in [-0.2, 0) is 16.1 Å². The van der Waals surface area contributed by atoms with E-state index in [4.69, 9.17) is 4.98 Å². The van der Waals surface area contributed by atoms with Crippen molar-refractivity contribution >= 4 is 28.4 Å². The monoisotopic (exact) mass is 368 g/mol. The fourth-order valence-corrected chi connectivity index (χ4v) is 3.59. The minimum Gasteiger partial charge on any atom is -0.343 e. The van der Waals surface area contributed by atoms with E-state index in [1.807, 2.05) is 42.3 Å². The van der Waals surface area contributed by atoms with Crippen LogP contribution in [-0.4, -0.2) is 52.8 Å². The molecule has 144 valence electrons. The Balaban J connectivity index is 1.78. The molecule has 6 heteroatoms. The molecule has 0 bridgehead atoms. The summed E-state index contributed by atoms with van der Waals surface area (Å²) in [5, 5.41) is 3.78. The maximum Gasteiger partial charge on any atom is 0.239 e. The van der Waals surface area contributed by atoms with Crippen molar-refractivity contribution in [2.45, 2.75) is 45.7 Å².